The fourth-order valence-electron chi connectivity index (χ4n) is 2.25. The Morgan fingerprint density at radius 2 is 1.59 bits per heavy atom. The molecule has 0 saturated carbocycles. The highest BCUT2D eigenvalue weighted by atomic mass is 16.4. The van der Waals surface area contributed by atoms with E-state index >= 15 is 0 Å². The summed E-state index contributed by atoms with van der Waals surface area (Å²) in [5.74, 6) is -3.49. The van der Waals surface area contributed by atoms with E-state index < -0.39 is 29.5 Å². The maximum absolute atomic E-state index is 11.6. The second kappa shape index (κ2) is 5.01. The third-order valence-corrected chi connectivity index (χ3v) is 3.26. The van der Waals surface area contributed by atoms with Gasteiger partial charge in [0.05, 0.1) is 27.2 Å². The number of hydrogen-bond donors (Lipinski definition) is 3. The van der Waals surface area contributed by atoms with E-state index in [1.165, 1.54) is 13.8 Å². The van der Waals surface area contributed by atoms with Crippen molar-refractivity contribution in [1.29, 1.82) is 0 Å². The second-order valence-electron chi connectivity index (χ2n) is 5.35. The number of carboxylic acid groups (broad SMARTS) is 2. The molecular formula is C11H22NO5+. The molecule has 0 rings (SSSR count). The molecule has 0 aromatic rings. The minimum absolute atomic E-state index is 0.0688. The van der Waals surface area contributed by atoms with Gasteiger partial charge in [-0.25, -0.2) is 4.79 Å². The van der Waals surface area contributed by atoms with Crippen molar-refractivity contribution < 1.29 is 29.4 Å². The summed E-state index contributed by atoms with van der Waals surface area (Å²) < 4.78 is -0.0688. The Bertz CT molecular complexity index is 307. The van der Waals surface area contributed by atoms with Crippen molar-refractivity contribution in [2.45, 2.75) is 31.9 Å². The zero-order valence-corrected chi connectivity index (χ0v) is 11.0. The number of aliphatic carboxylic acids is 2. The van der Waals surface area contributed by atoms with Crippen LogP contribution in [0.4, 0.5) is 0 Å². The van der Waals surface area contributed by atoms with Crippen molar-refractivity contribution in [1.82, 2.24) is 0 Å². The molecule has 3 N–H and O–H groups in total. The lowest BCUT2D eigenvalue weighted by molar-refractivity contribution is -0.918. The molecule has 0 heterocycles. The maximum Gasteiger partial charge on any atom is 0.366 e. The van der Waals surface area contributed by atoms with Gasteiger partial charge in [-0.3, -0.25) is 4.79 Å². The van der Waals surface area contributed by atoms with Gasteiger partial charge in [-0.2, -0.15) is 0 Å². The predicted molar refractivity (Wildman–Crippen MR) is 61.5 cm³/mol. The number of nitrogens with zero attached hydrogens (tertiary/aromatic N) is 1. The van der Waals surface area contributed by atoms with Gasteiger partial charge < -0.3 is 19.8 Å². The molecule has 0 radical (unpaired) electrons. The Balaban J connectivity index is 5.74. The molecule has 0 fully saturated rings. The molecule has 0 aliphatic carbocycles. The SMILES string of the molecule is CC(C(=O)O)C(C[C@H](C)O)(C(=O)O)[N+](C)(C)C. The maximum atomic E-state index is 11.6. The average molecular weight is 248 g/mol. The van der Waals surface area contributed by atoms with Crippen molar-refractivity contribution in [3.05, 3.63) is 0 Å². The highest BCUT2D eigenvalue weighted by molar-refractivity contribution is 5.85. The largest absolute Gasteiger partial charge is 0.481 e. The number of likely N-dealkylation sites (N-methyl/N-ethyl adjacent to an activating group) is 1. The van der Waals surface area contributed by atoms with Crippen LogP contribution >= 0.6 is 0 Å². The zero-order chi connectivity index (χ0) is 14.0. The highest BCUT2D eigenvalue weighted by Gasteiger charge is 2.58. The van der Waals surface area contributed by atoms with Gasteiger partial charge in [-0.15, -0.1) is 0 Å². The number of quaternary nitrogens is 1. The lowest BCUT2D eigenvalue weighted by Crippen LogP contribution is -2.67. The summed E-state index contributed by atoms with van der Waals surface area (Å²) in [5, 5.41) is 28.0. The van der Waals surface area contributed by atoms with Gasteiger partial charge >= 0.3 is 11.9 Å². The molecule has 0 spiro atoms. The van der Waals surface area contributed by atoms with Crippen LogP contribution in [0.2, 0.25) is 0 Å². The van der Waals surface area contributed by atoms with Gasteiger partial charge in [0.25, 0.3) is 0 Å². The molecule has 6 heteroatoms. The average Bonchev–Trinajstić information content (AvgIpc) is 2.09. The topological polar surface area (TPSA) is 94.8 Å². The first-order chi connectivity index (χ1) is 7.46. The van der Waals surface area contributed by atoms with Crippen LogP contribution in [0.5, 0.6) is 0 Å². The van der Waals surface area contributed by atoms with Crippen molar-refractivity contribution in [2.24, 2.45) is 5.92 Å². The molecule has 0 aromatic carbocycles. The van der Waals surface area contributed by atoms with E-state index in [1.807, 2.05) is 0 Å². The van der Waals surface area contributed by atoms with Gasteiger partial charge in [0.2, 0.25) is 5.54 Å². The van der Waals surface area contributed by atoms with Gasteiger partial charge in [-0.05, 0) is 13.8 Å². The third kappa shape index (κ3) is 2.95. The molecule has 17 heavy (non-hydrogen) atoms. The van der Waals surface area contributed by atoms with Gasteiger partial charge in [0, 0.05) is 6.42 Å². The van der Waals surface area contributed by atoms with E-state index in [9.17, 15) is 19.8 Å². The van der Waals surface area contributed by atoms with Crippen LogP contribution in [0.3, 0.4) is 0 Å². The lowest BCUT2D eigenvalue weighted by Gasteiger charge is -2.45. The van der Waals surface area contributed by atoms with Crippen molar-refractivity contribution >= 4 is 11.9 Å². The standard InChI is InChI=1S/C11H21NO5/c1-7(13)6-11(10(16)17,12(3,4)5)8(2)9(14)15/h7-8,13H,6H2,1-5H3,(H-,14,15,16,17)/p+1/t7-,8?,11?/m0/s1. The molecule has 2 unspecified atom stereocenters. The fraction of sp³-hybridized carbons (Fsp3) is 0.818. The van der Waals surface area contributed by atoms with Gasteiger partial charge in [0.1, 0.15) is 5.92 Å². The molecule has 0 aliphatic heterocycles. The highest BCUT2D eigenvalue weighted by Crippen LogP contribution is 2.33. The van der Waals surface area contributed by atoms with Crippen LogP contribution in [0.25, 0.3) is 0 Å². The molecule has 6 nitrogen and oxygen atoms in total. The van der Waals surface area contributed by atoms with E-state index in [0.717, 1.165) is 0 Å². The Kier molecular flexibility index (Phi) is 4.68. The van der Waals surface area contributed by atoms with Crippen molar-refractivity contribution in [2.75, 3.05) is 21.1 Å². The van der Waals surface area contributed by atoms with Crippen LogP contribution in [-0.2, 0) is 9.59 Å². The summed E-state index contributed by atoms with van der Waals surface area (Å²) in [5.41, 5.74) is -1.56. The summed E-state index contributed by atoms with van der Waals surface area (Å²) >= 11 is 0. The first-order valence-electron chi connectivity index (χ1n) is 5.42. The molecule has 0 bridgehead atoms. The van der Waals surface area contributed by atoms with E-state index in [1.54, 1.807) is 21.1 Å². The number of carbonyl (C=O) groups is 2. The van der Waals surface area contributed by atoms with Crippen LogP contribution in [-0.4, -0.2) is 64.5 Å². The molecule has 0 aromatic heterocycles. The summed E-state index contributed by atoms with van der Waals surface area (Å²) in [4.78, 5) is 22.7. The molecule has 0 aliphatic rings. The molecule has 100 valence electrons. The van der Waals surface area contributed by atoms with Crippen molar-refractivity contribution in [3.63, 3.8) is 0 Å². The Morgan fingerprint density at radius 1 is 1.18 bits per heavy atom. The third-order valence-electron chi connectivity index (χ3n) is 3.26. The number of aliphatic hydroxyl groups is 1. The van der Waals surface area contributed by atoms with Crippen LogP contribution in [0, 0.1) is 5.92 Å². The molecule has 0 amide bonds. The number of aliphatic hydroxyl groups excluding tert-OH is 1. The van der Waals surface area contributed by atoms with E-state index in [-0.39, 0.29) is 10.9 Å². The Morgan fingerprint density at radius 3 is 1.76 bits per heavy atom. The van der Waals surface area contributed by atoms with Crippen LogP contribution in [0.15, 0.2) is 0 Å². The van der Waals surface area contributed by atoms with E-state index in [0.29, 0.717) is 0 Å². The fourth-order valence-corrected chi connectivity index (χ4v) is 2.25. The first kappa shape index (κ1) is 15.9. The molecular weight excluding hydrogens is 226 g/mol. The summed E-state index contributed by atoms with van der Waals surface area (Å²) in [6.45, 7) is 2.82. The van der Waals surface area contributed by atoms with E-state index in [4.69, 9.17) is 5.11 Å². The van der Waals surface area contributed by atoms with Crippen LogP contribution in [0.1, 0.15) is 20.3 Å². The number of rotatable bonds is 6. The quantitative estimate of drug-likeness (QED) is 0.575. The monoisotopic (exact) mass is 248 g/mol. The van der Waals surface area contributed by atoms with Crippen LogP contribution < -0.4 is 0 Å². The molecule has 0 saturated heterocycles. The lowest BCUT2D eigenvalue weighted by atomic mass is 9.77. The Labute approximate surface area is 101 Å². The Hall–Kier alpha value is -1.14. The smallest absolute Gasteiger partial charge is 0.366 e. The zero-order valence-electron chi connectivity index (χ0n) is 11.0. The number of carboxylic acids is 2. The predicted octanol–water partition coefficient (Wildman–Crippen LogP) is 0.00760. The minimum Gasteiger partial charge on any atom is -0.481 e. The number of hydrogen-bond acceptors (Lipinski definition) is 3. The van der Waals surface area contributed by atoms with Gasteiger partial charge in [0.15, 0.2) is 0 Å². The summed E-state index contributed by atoms with van der Waals surface area (Å²) in [6, 6.07) is 0. The van der Waals surface area contributed by atoms with Gasteiger partial charge in [-0.1, -0.05) is 0 Å². The summed E-state index contributed by atoms with van der Waals surface area (Å²) in [6.07, 6.45) is -0.996. The molecule has 3 atom stereocenters. The first-order valence-corrected chi connectivity index (χ1v) is 5.42. The normalized spacial score (nSPS) is 19.2. The van der Waals surface area contributed by atoms with E-state index in [2.05, 4.69) is 0 Å². The van der Waals surface area contributed by atoms with Crippen molar-refractivity contribution in [3.8, 4) is 0 Å². The second-order valence-corrected chi connectivity index (χ2v) is 5.35. The minimum atomic E-state index is -1.56. The summed E-state index contributed by atoms with van der Waals surface area (Å²) in [7, 11) is 4.86.